The zero-order valence-corrected chi connectivity index (χ0v) is 16.4. The van der Waals surface area contributed by atoms with Gasteiger partial charge in [-0.2, -0.15) is 10.2 Å². The molecule has 0 aliphatic heterocycles. The summed E-state index contributed by atoms with van der Waals surface area (Å²) in [5.41, 5.74) is 3.01. The number of hydrogen-bond donors (Lipinski definition) is 1. The first-order valence-corrected chi connectivity index (χ1v) is 9.12. The summed E-state index contributed by atoms with van der Waals surface area (Å²) in [4.78, 5) is 35.7. The zero-order valence-electron chi connectivity index (χ0n) is 15.6. The van der Waals surface area contributed by atoms with Crippen LogP contribution >= 0.6 is 11.8 Å². The normalized spacial score (nSPS) is 11.3. The Kier molecular flexibility index (Phi) is 6.94. The minimum Gasteiger partial charge on any atom is -0.497 e. The summed E-state index contributed by atoms with van der Waals surface area (Å²) in [6, 6.07) is 7.36. The van der Waals surface area contributed by atoms with Crippen molar-refractivity contribution in [3.8, 4) is 5.75 Å². The molecule has 0 saturated heterocycles. The Bertz CT molecular complexity index is 963. The van der Waals surface area contributed by atoms with Crippen molar-refractivity contribution < 1.29 is 9.53 Å². The molecule has 10 heteroatoms. The van der Waals surface area contributed by atoms with Gasteiger partial charge in [0.15, 0.2) is 5.03 Å². The van der Waals surface area contributed by atoms with Gasteiger partial charge < -0.3 is 4.74 Å². The average Bonchev–Trinajstić information content (AvgIpc) is 2.69. The van der Waals surface area contributed by atoms with E-state index in [4.69, 9.17) is 4.74 Å². The highest BCUT2D eigenvalue weighted by atomic mass is 32.2. The minimum absolute atomic E-state index is 0.0520. The van der Waals surface area contributed by atoms with E-state index >= 15 is 0 Å². The Labute approximate surface area is 160 Å². The molecule has 0 spiro atoms. The molecule has 1 amide bonds. The summed E-state index contributed by atoms with van der Waals surface area (Å²) in [6.07, 6.45) is 0.628. The Morgan fingerprint density at radius 3 is 2.52 bits per heavy atom. The SMILES string of the molecule is CC/C(=N/NC(=O)CSc1nn(C)c(=O)n(C)c1=O)c1ccc(OC)cc1. The second kappa shape index (κ2) is 9.17. The Morgan fingerprint density at radius 1 is 1.26 bits per heavy atom. The van der Waals surface area contributed by atoms with Crippen molar-refractivity contribution in [2.24, 2.45) is 19.2 Å². The van der Waals surface area contributed by atoms with Crippen LogP contribution in [0.3, 0.4) is 0 Å². The maximum absolute atomic E-state index is 12.1. The molecule has 144 valence electrons. The fourth-order valence-electron chi connectivity index (χ4n) is 2.19. The number of ether oxygens (including phenoxy) is 1. The summed E-state index contributed by atoms with van der Waals surface area (Å²) in [5.74, 6) is 0.307. The highest BCUT2D eigenvalue weighted by molar-refractivity contribution is 7.99. The van der Waals surface area contributed by atoms with Crippen molar-refractivity contribution in [2.45, 2.75) is 18.4 Å². The largest absolute Gasteiger partial charge is 0.497 e. The molecule has 0 unspecified atom stereocenters. The van der Waals surface area contributed by atoms with Gasteiger partial charge in [0.25, 0.3) is 5.56 Å². The first-order chi connectivity index (χ1) is 12.9. The number of benzene rings is 1. The van der Waals surface area contributed by atoms with E-state index in [1.807, 2.05) is 31.2 Å². The number of aromatic nitrogens is 3. The second-order valence-electron chi connectivity index (χ2n) is 5.54. The van der Waals surface area contributed by atoms with Crippen LogP contribution in [0.2, 0.25) is 0 Å². The molecule has 0 fully saturated rings. The molecule has 1 heterocycles. The Morgan fingerprint density at radius 2 is 1.93 bits per heavy atom. The van der Waals surface area contributed by atoms with Crippen LogP contribution in [0.5, 0.6) is 5.75 Å². The van der Waals surface area contributed by atoms with Gasteiger partial charge in [-0.1, -0.05) is 18.7 Å². The van der Waals surface area contributed by atoms with E-state index in [1.54, 1.807) is 7.11 Å². The number of thioether (sulfide) groups is 1. The molecule has 0 radical (unpaired) electrons. The lowest BCUT2D eigenvalue weighted by molar-refractivity contribution is -0.118. The lowest BCUT2D eigenvalue weighted by atomic mass is 10.1. The van der Waals surface area contributed by atoms with Gasteiger partial charge in [0, 0.05) is 14.1 Å². The molecule has 27 heavy (non-hydrogen) atoms. The molecule has 1 aromatic carbocycles. The topological polar surface area (TPSA) is 108 Å². The van der Waals surface area contributed by atoms with Crippen molar-refractivity contribution in [3.63, 3.8) is 0 Å². The van der Waals surface area contributed by atoms with E-state index in [9.17, 15) is 14.4 Å². The fraction of sp³-hybridized carbons (Fsp3) is 0.353. The summed E-state index contributed by atoms with van der Waals surface area (Å²) >= 11 is 0.950. The molecule has 2 aromatic rings. The third kappa shape index (κ3) is 5.07. The number of methoxy groups -OCH3 is 1. The molecule has 0 atom stereocenters. The number of hydrazone groups is 1. The highest BCUT2D eigenvalue weighted by Crippen LogP contribution is 2.13. The maximum Gasteiger partial charge on any atom is 0.346 e. The molecule has 1 N–H and O–H groups in total. The van der Waals surface area contributed by atoms with E-state index in [-0.39, 0.29) is 16.7 Å². The predicted molar refractivity (Wildman–Crippen MR) is 103 cm³/mol. The number of amides is 1. The number of carbonyl (C=O) groups excluding carboxylic acids is 1. The predicted octanol–water partition coefficient (Wildman–Crippen LogP) is 0.510. The summed E-state index contributed by atoms with van der Waals surface area (Å²) in [5, 5.41) is 8.12. The third-order valence-electron chi connectivity index (χ3n) is 3.71. The number of rotatable bonds is 7. The molecular weight excluding hydrogens is 370 g/mol. The van der Waals surface area contributed by atoms with E-state index in [0.29, 0.717) is 12.1 Å². The van der Waals surface area contributed by atoms with E-state index in [2.05, 4.69) is 15.6 Å². The van der Waals surface area contributed by atoms with Crippen LogP contribution in [0.4, 0.5) is 0 Å². The first kappa shape index (κ1) is 20.4. The van der Waals surface area contributed by atoms with Crippen LogP contribution in [0.1, 0.15) is 18.9 Å². The maximum atomic E-state index is 12.1. The van der Waals surface area contributed by atoms with Crippen LogP contribution in [-0.4, -0.2) is 38.8 Å². The van der Waals surface area contributed by atoms with Gasteiger partial charge in [0.1, 0.15) is 5.75 Å². The van der Waals surface area contributed by atoms with Crippen molar-refractivity contribution in [3.05, 3.63) is 50.7 Å². The van der Waals surface area contributed by atoms with Gasteiger partial charge in [-0.15, -0.1) is 0 Å². The number of nitrogens with one attached hydrogen (secondary N) is 1. The van der Waals surface area contributed by atoms with Crippen molar-refractivity contribution in [1.82, 2.24) is 19.8 Å². The van der Waals surface area contributed by atoms with Gasteiger partial charge in [0.05, 0.1) is 18.6 Å². The van der Waals surface area contributed by atoms with Crippen LogP contribution < -0.4 is 21.4 Å². The lowest BCUT2D eigenvalue weighted by Gasteiger charge is -2.07. The number of nitrogens with zero attached hydrogens (tertiary/aromatic N) is 4. The second-order valence-corrected chi connectivity index (χ2v) is 6.50. The number of hydrogen-bond acceptors (Lipinski definition) is 7. The number of carbonyl (C=O) groups is 1. The van der Waals surface area contributed by atoms with E-state index in [0.717, 1.165) is 32.3 Å². The van der Waals surface area contributed by atoms with Crippen molar-refractivity contribution in [1.29, 1.82) is 0 Å². The average molecular weight is 391 g/mol. The van der Waals surface area contributed by atoms with Crippen LogP contribution in [0.25, 0.3) is 0 Å². The van der Waals surface area contributed by atoms with Crippen molar-refractivity contribution >= 4 is 23.4 Å². The molecule has 0 aliphatic carbocycles. The van der Waals surface area contributed by atoms with Crippen LogP contribution in [0, 0.1) is 0 Å². The molecule has 0 saturated carbocycles. The summed E-state index contributed by atoms with van der Waals surface area (Å²) in [7, 11) is 4.40. The highest BCUT2D eigenvalue weighted by Gasteiger charge is 2.12. The minimum atomic E-state index is -0.535. The molecule has 0 bridgehead atoms. The van der Waals surface area contributed by atoms with E-state index in [1.165, 1.54) is 14.1 Å². The zero-order chi connectivity index (χ0) is 20.0. The van der Waals surface area contributed by atoms with E-state index < -0.39 is 11.2 Å². The van der Waals surface area contributed by atoms with Gasteiger partial charge in [-0.25, -0.2) is 14.9 Å². The standard InChI is InChI=1S/C17H21N5O4S/c1-5-13(11-6-8-12(26-4)9-7-11)18-19-14(23)10-27-15-16(24)21(2)17(25)22(3)20-15/h6-9H,5,10H2,1-4H3,(H,19,23)/b18-13-. The molecule has 2 rings (SSSR count). The monoisotopic (exact) mass is 391 g/mol. The summed E-state index contributed by atoms with van der Waals surface area (Å²) in [6.45, 7) is 1.93. The lowest BCUT2D eigenvalue weighted by Crippen LogP contribution is -2.39. The Hall–Kier alpha value is -2.88. The molecule has 0 aliphatic rings. The third-order valence-corrected chi connectivity index (χ3v) is 4.64. The van der Waals surface area contributed by atoms with Gasteiger partial charge in [-0.05, 0) is 36.2 Å². The molecular formula is C17H21N5O4S. The fourth-order valence-corrected chi connectivity index (χ4v) is 2.96. The first-order valence-electron chi connectivity index (χ1n) is 8.14. The van der Waals surface area contributed by atoms with Crippen molar-refractivity contribution in [2.75, 3.05) is 12.9 Å². The van der Waals surface area contributed by atoms with Crippen LogP contribution in [-0.2, 0) is 18.9 Å². The summed E-state index contributed by atoms with van der Waals surface area (Å²) < 4.78 is 7.12. The quantitative estimate of drug-likeness (QED) is 0.419. The molecule has 9 nitrogen and oxygen atoms in total. The van der Waals surface area contributed by atoms with Gasteiger partial charge >= 0.3 is 5.69 Å². The van der Waals surface area contributed by atoms with Gasteiger partial charge in [0.2, 0.25) is 5.91 Å². The Balaban J connectivity index is 2.03. The smallest absolute Gasteiger partial charge is 0.346 e. The molecule has 1 aromatic heterocycles. The van der Waals surface area contributed by atoms with Gasteiger partial charge in [-0.3, -0.25) is 14.2 Å². The number of aryl methyl sites for hydroxylation is 1. The van der Waals surface area contributed by atoms with Crippen LogP contribution in [0.15, 0.2) is 44.0 Å².